The quantitative estimate of drug-likeness (QED) is 0.663. The number of thiazole rings is 1. The summed E-state index contributed by atoms with van der Waals surface area (Å²) in [7, 11) is 0. The van der Waals surface area contributed by atoms with Gasteiger partial charge in [-0.1, -0.05) is 0 Å². The fourth-order valence-electron chi connectivity index (χ4n) is 2.22. The van der Waals surface area contributed by atoms with Crippen molar-refractivity contribution in [3.05, 3.63) is 16.1 Å². The number of amides is 2. The summed E-state index contributed by atoms with van der Waals surface area (Å²) >= 11 is 1.39. The molecule has 110 valence electrons. The first-order valence-corrected chi connectivity index (χ1v) is 7.42. The average Bonchev–Trinajstić information content (AvgIpc) is 2.89. The number of nitrogens with two attached hydrogens (primary N) is 2. The summed E-state index contributed by atoms with van der Waals surface area (Å²) in [5.74, 6) is -0.474. The fourth-order valence-corrected chi connectivity index (χ4v) is 2.88. The van der Waals surface area contributed by atoms with E-state index >= 15 is 0 Å². The number of primary amides is 1. The highest BCUT2D eigenvalue weighted by Crippen LogP contribution is 2.12. The molecule has 0 aliphatic carbocycles. The Morgan fingerprint density at radius 1 is 1.45 bits per heavy atom. The molecule has 2 amide bonds. The molecule has 0 radical (unpaired) electrons. The third-order valence-corrected chi connectivity index (χ3v) is 4.13. The van der Waals surface area contributed by atoms with Crippen molar-refractivity contribution >= 4 is 23.2 Å². The fraction of sp³-hybridized carbons (Fsp3) is 0.583. The van der Waals surface area contributed by atoms with Gasteiger partial charge in [-0.15, -0.1) is 11.3 Å². The van der Waals surface area contributed by atoms with E-state index in [1.807, 2.05) is 4.90 Å². The van der Waals surface area contributed by atoms with Crippen LogP contribution in [0, 0.1) is 0 Å². The SMILES string of the molecule is NCc1nc(C(=O)NC2CCN(CC(N)=O)CC2)cs1. The Morgan fingerprint density at radius 2 is 2.15 bits per heavy atom. The summed E-state index contributed by atoms with van der Waals surface area (Å²) in [6, 6.07) is 0.120. The smallest absolute Gasteiger partial charge is 0.270 e. The Hall–Kier alpha value is -1.51. The standard InChI is InChI=1S/C12H19N5O2S/c13-5-11-16-9(7-20-11)12(19)15-8-1-3-17(4-2-8)6-10(14)18/h7-8H,1-6,13H2,(H2,14,18)(H,15,19). The number of carbonyl (C=O) groups excluding carboxylic acids is 2. The summed E-state index contributed by atoms with van der Waals surface area (Å²) in [6.45, 7) is 2.16. The van der Waals surface area contributed by atoms with Crippen molar-refractivity contribution < 1.29 is 9.59 Å². The summed E-state index contributed by atoms with van der Waals surface area (Å²) in [5, 5.41) is 5.45. The minimum Gasteiger partial charge on any atom is -0.369 e. The van der Waals surface area contributed by atoms with Gasteiger partial charge in [0.15, 0.2) is 0 Å². The zero-order chi connectivity index (χ0) is 14.5. The highest BCUT2D eigenvalue weighted by atomic mass is 32.1. The van der Waals surface area contributed by atoms with E-state index < -0.39 is 0 Å². The van der Waals surface area contributed by atoms with Gasteiger partial charge in [-0.05, 0) is 12.8 Å². The van der Waals surface area contributed by atoms with Crippen LogP contribution in [-0.2, 0) is 11.3 Å². The normalized spacial score (nSPS) is 17.1. The average molecular weight is 297 g/mol. The van der Waals surface area contributed by atoms with Crippen LogP contribution >= 0.6 is 11.3 Å². The van der Waals surface area contributed by atoms with Crippen LogP contribution in [0.3, 0.4) is 0 Å². The second-order valence-corrected chi connectivity index (χ2v) is 5.76. The van der Waals surface area contributed by atoms with Gasteiger partial charge in [-0.2, -0.15) is 0 Å². The van der Waals surface area contributed by atoms with Crippen LogP contribution < -0.4 is 16.8 Å². The summed E-state index contributed by atoms with van der Waals surface area (Å²) in [5.41, 5.74) is 11.1. The van der Waals surface area contributed by atoms with E-state index in [-0.39, 0.29) is 24.4 Å². The van der Waals surface area contributed by atoms with Gasteiger partial charge in [0.2, 0.25) is 5.91 Å². The molecule has 0 atom stereocenters. The Labute approximate surface area is 121 Å². The maximum absolute atomic E-state index is 12.0. The van der Waals surface area contributed by atoms with Crippen LogP contribution in [0.1, 0.15) is 28.3 Å². The molecular formula is C12H19N5O2S. The minimum atomic E-state index is -0.315. The summed E-state index contributed by atoms with van der Waals surface area (Å²) in [6.07, 6.45) is 1.62. The van der Waals surface area contributed by atoms with Gasteiger partial charge in [0.25, 0.3) is 5.91 Å². The predicted molar refractivity (Wildman–Crippen MR) is 76.1 cm³/mol. The molecule has 2 rings (SSSR count). The lowest BCUT2D eigenvalue weighted by molar-refractivity contribution is -0.119. The van der Waals surface area contributed by atoms with Crippen molar-refractivity contribution in [2.45, 2.75) is 25.4 Å². The van der Waals surface area contributed by atoms with Gasteiger partial charge >= 0.3 is 0 Å². The first-order chi connectivity index (χ1) is 9.58. The zero-order valence-electron chi connectivity index (χ0n) is 11.2. The maximum atomic E-state index is 12.0. The molecule has 1 saturated heterocycles. The Bertz CT molecular complexity index is 482. The molecule has 5 N–H and O–H groups in total. The molecule has 7 nitrogen and oxygen atoms in total. The van der Waals surface area contributed by atoms with Crippen LogP contribution in [0.4, 0.5) is 0 Å². The van der Waals surface area contributed by atoms with Gasteiger partial charge in [0.05, 0.1) is 6.54 Å². The molecule has 2 heterocycles. The molecule has 0 saturated carbocycles. The number of hydrogen-bond donors (Lipinski definition) is 3. The molecule has 1 aliphatic rings. The van der Waals surface area contributed by atoms with E-state index in [0.29, 0.717) is 12.2 Å². The summed E-state index contributed by atoms with van der Waals surface area (Å²) < 4.78 is 0. The molecule has 1 fully saturated rings. The lowest BCUT2D eigenvalue weighted by Crippen LogP contribution is -2.46. The molecular weight excluding hydrogens is 278 g/mol. The molecule has 0 spiro atoms. The van der Waals surface area contributed by atoms with E-state index in [1.54, 1.807) is 5.38 Å². The number of nitrogens with one attached hydrogen (secondary N) is 1. The second-order valence-electron chi connectivity index (χ2n) is 4.82. The van der Waals surface area contributed by atoms with Gasteiger partial charge < -0.3 is 16.8 Å². The number of rotatable bonds is 5. The topological polar surface area (TPSA) is 114 Å². The third-order valence-electron chi connectivity index (χ3n) is 3.26. The van der Waals surface area contributed by atoms with E-state index in [2.05, 4.69) is 10.3 Å². The highest BCUT2D eigenvalue weighted by molar-refractivity contribution is 7.09. The molecule has 0 bridgehead atoms. The lowest BCUT2D eigenvalue weighted by Gasteiger charge is -2.31. The maximum Gasteiger partial charge on any atom is 0.270 e. The van der Waals surface area contributed by atoms with Gasteiger partial charge in [0, 0.05) is 31.1 Å². The van der Waals surface area contributed by atoms with E-state index in [1.165, 1.54) is 11.3 Å². The molecule has 20 heavy (non-hydrogen) atoms. The highest BCUT2D eigenvalue weighted by Gasteiger charge is 2.22. The van der Waals surface area contributed by atoms with Crippen molar-refractivity contribution in [3.63, 3.8) is 0 Å². The second kappa shape index (κ2) is 6.78. The van der Waals surface area contributed by atoms with Crippen molar-refractivity contribution in [1.82, 2.24) is 15.2 Å². The molecule has 1 aliphatic heterocycles. The first kappa shape index (κ1) is 14.9. The lowest BCUT2D eigenvalue weighted by atomic mass is 10.0. The van der Waals surface area contributed by atoms with Crippen LogP contribution in [0.5, 0.6) is 0 Å². The van der Waals surface area contributed by atoms with E-state index in [9.17, 15) is 9.59 Å². The number of piperidine rings is 1. The Balaban J connectivity index is 1.80. The van der Waals surface area contributed by atoms with Crippen molar-refractivity contribution in [3.8, 4) is 0 Å². The first-order valence-electron chi connectivity index (χ1n) is 6.54. The predicted octanol–water partition coefficient (Wildman–Crippen LogP) is -0.719. The molecule has 8 heteroatoms. The zero-order valence-corrected chi connectivity index (χ0v) is 12.0. The Morgan fingerprint density at radius 3 is 2.70 bits per heavy atom. The number of nitrogens with zero attached hydrogens (tertiary/aromatic N) is 2. The number of likely N-dealkylation sites (tertiary alicyclic amines) is 1. The van der Waals surface area contributed by atoms with Crippen LogP contribution in [0.15, 0.2) is 5.38 Å². The number of hydrogen-bond acceptors (Lipinski definition) is 6. The van der Waals surface area contributed by atoms with Gasteiger partial charge in [0.1, 0.15) is 10.7 Å². The van der Waals surface area contributed by atoms with Crippen LogP contribution in [0.25, 0.3) is 0 Å². The molecule has 0 unspecified atom stereocenters. The van der Waals surface area contributed by atoms with Crippen molar-refractivity contribution in [2.24, 2.45) is 11.5 Å². The van der Waals surface area contributed by atoms with E-state index in [4.69, 9.17) is 11.5 Å². The molecule has 1 aromatic rings. The van der Waals surface area contributed by atoms with Gasteiger partial charge in [-0.25, -0.2) is 4.98 Å². The van der Waals surface area contributed by atoms with Crippen LogP contribution in [0.2, 0.25) is 0 Å². The minimum absolute atomic E-state index is 0.120. The van der Waals surface area contributed by atoms with Crippen LogP contribution in [-0.4, -0.2) is 47.4 Å². The number of carbonyl (C=O) groups is 2. The third kappa shape index (κ3) is 3.99. The number of aromatic nitrogens is 1. The summed E-state index contributed by atoms with van der Waals surface area (Å²) in [4.78, 5) is 29.0. The Kier molecular flexibility index (Phi) is 5.05. The van der Waals surface area contributed by atoms with Crippen molar-refractivity contribution in [1.29, 1.82) is 0 Å². The molecule has 1 aromatic heterocycles. The largest absolute Gasteiger partial charge is 0.369 e. The molecule has 0 aromatic carbocycles. The van der Waals surface area contributed by atoms with Crippen molar-refractivity contribution in [2.75, 3.05) is 19.6 Å². The monoisotopic (exact) mass is 297 g/mol. The van der Waals surface area contributed by atoms with Gasteiger partial charge in [-0.3, -0.25) is 14.5 Å². The van der Waals surface area contributed by atoms with E-state index in [0.717, 1.165) is 30.9 Å².